The summed E-state index contributed by atoms with van der Waals surface area (Å²) in [6, 6.07) is 3.96. The third-order valence-corrected chi connectivity index (χ3v) is 4.96. The van der Waals surface area contributed by atoms with E-state index in [-0.39, 0.29) is 12.0 Å². The normalized spacial score (nSPS) is 20.1. The third kappa shape index (κ3) is 2.57. The largest absolute Gasteiger partial charge is 0.375 e. The number of ether oxygens (including phenoxy) is 1. The van der Waals surface area contributed by atoms with E-state index >= 15 is 0 Å². The standard InChI is InChI=1S/C13H15BrN2O2S/c1-2-9-7-16(3-4-18-9)13(17)10-5-8-6-11(14)19-12(8)15-10/h5-6,9,15H,2-4,7H2,1H3/t9-/m0/s1. The number of hydrogen-bond donors (Lipinski definition) is 1. The SMILES string of the molecule is CC[C@H]1CN(C(=O)c2cc3cc(Br)sc3[nH]2)CCO1. The first-order valence-corrected chi connectivity index (χ1v) is 7.97. The van der Waals surface area contributed by atoms with Crippen LogP contribution in [0.25, 0.3) is 10.2 Å². The highest BCUT2D eigenvalue weighted by atomic mass is 79.9. The van der Waals surface area contributed by atoms with E-state index in [1.165, 1.54) is 0 Å². The molecule has 0 unspecified atom stereocenters. The van der Waals surface area contributed by atoms with Crippen LogP contribution in [0.15, 0.2) is 15.9 Å². The number of morpholine rings is 1. The third-order valence-electron chi connectivity index (χ3n) is 3.39. The molecule has 0 radical (unpaired) electrons. The Morgan fingerprint density at radius 2 is 2.47 bits per heavy atom. The fourth-order valence-electron chi connectivity index (χ4n) is 2.33. The molecule has 0 spiro atoms. The average Bonchev–Trinajstić information content (AvgIpc) is 2.95. The number of aromatic amines is 1. The number of halogens is 1. The number of aromatic nitrogens is 1. The molecule has 1 saturated heterocycles. The first-order valence-electron chi connectivity index (χ1n) is 6.36. The van der Waals surface area contributed by atoms with Crippen molar-refractivity contribution in [2.24, 2.45) is 0 Å². The van der Waals surface area contributed by atoms with Gasteiger partial charge in [0.25, 0.3) is 5.91 Å². The van der Waals surface area contributed by atoms with Crippen molar-refractivity contribution in [1.82, 2.24) is 9.88 Å². The van der Waals surface area contributed by atoms with Gasteiger partial charge in [-0.2, -0.15) is 0 Å². The second-order valence-electron chi connectivity index (χ2n) is 4.67. The van der Waals surface area contributed by atoms with Gasteiger partial charge >= 0.3 is 0 Å². The molecule has 2 aromatic heterocycles. The highest BCUT2D eigenvalue weighted by Crippen LogP contribution is 2.30. The van der Waals surface area contributed by atoms with Crippen LogP contribution in [0.3, 0.4) is 0 Å². The van der Waals surface area contributed by atoms with Gasteiger partial charge < -0.3 is 14.6 Å². The summed E-state index contributed by atoms with van der Waals surface area (Å²) in [4.78, 5) is 18.6. The topological polar surface area (TPSA) is 45.3 Å². The summed E-state index contributed by atoms with van der Waals surface area (Å²) in [7, 11) is 0. The summed E-state index contributed by atoms with van der Waals surface area (Å²) in [6.45, 7) is 4.07. The number of amides is 1. The van der Waals surface area contributed by atoms with Gasteiger partial charge in [-0.1, -0.05) is 6.92 Å². The molecular weight excluding hydrogens is 328 g/mol. The Hall–Kier alpha value is -0.850. The van der Waals surface area contributed by atoms with Crippen molar-refractivity contribution in [3.05, 3.63) is 21.6 Å². The van der Waals surface area contributed by atoms with E-state index in [2.05, 4.69) is 27.8 Å². The van der Waals surface area contributed by atoms with Crippen molar-refractivity contribution in [3.63, 3.8) is 0 Å². The molecule has 1 aliphatic rings. The lowest BCUT2D eigenvalue weighted by Gasteiger charge is -2.32. The van der Waals surface area contributed by atoms with Crippen LogP contribution in [-0.2, 0) is 4.74 Å². The maximum Gasteiger partial charge on any atom is 0.270 e. The van der Waals surface area contributed by atoms with Crippen molar-refractivity contribution in [3.8, 4) is 0 Å². The lowest BCUT2D eigenvalue weighted by Crippen LogP contribution is -2.45. The molecule has 3 heterocycles. The van der Waals surface area contributed by atoms with E-state index in [9.17, 15) is 4.79 Å². The van der Waals surface area contributed by atoms with Crippen LogP contribution < -0.4 is 0 Å². The molecule has 1 aliphatic heterocycles. The number of carbonyl (C=O) groups is 1. The van der Waals surface area contributed by atoms with Crippen LogP contribution in [0.2, 0.25) is 0 Å². The molecule has 4 nitrogen and oxygen atoms in total. The zero-order chi connectivity index (χ0) is 13.4. The van der Waals surface area contributed by atoms with Crippen molar-refractivity contribution in [2.45, 2.75) is 19.4 Å². The molecule has 1 amide bonds. The maximum atomic E-state index is 12.4. The van der Waals surface area contributed by atoms with E-state index in [1.54, 1.807) is 11.3 Å². The minimum atomic E-state index is 0.0706. The number of carbonyl (C=O) groups excluding carboxylic acids is 1. The number of rotatable bonds is 2. The minimum absolute atomic E-state index is 0.0706. The quantitative estimate of drug-likeness (QED) is 0.910. The summed E-state index contributed by atoms with van der Waals surface area (Å²) in [5.41, 5.74) is 0.672. The van der Waals surface area contributed by atoms with E-state index in [0.717, 1.165) is 20.4 Å². The van der Waals surface area contributed by atoms with Gasteiger partial charge in [0, 0.05) is 18.5 Å². The Bertz CT molecular complexity index is 575. The number of hydrogen-bond acceptors (Lipinski definition) is 3. The van der Waals surface area contributed by atoms with Gasteiger partial charge in [-0.25, -0.2) is 0 Å². The molecule has 1 fully saturated rings. The Labute approximate surface area is 123 Å². The predicted molar refractivity (Wildman–Crippen MR) is 79.8 cm³/mol. The van der Waals surface area contributed by atoms with Crippen LogP contribution in [-0.4, -0.2) is 41.6 Å². The summed E-state index contributed by atoms with van der Waals surface area (Å²) >= 11 is 5.05. The van der Waals surface area contributed by atoms with Crippen LogP contribution in [0, 0.1) is 0 Å². The van der Waals surface area contributed by atoms with Gasteiger partial charge in [-0.15, -0.1) is 11.3 Å². The van der Waals surface area contributed by atoms with Gasteiger partial charge in [0.1, 0.15) is 10.5 Å². The molecule has 0 aliphatic carbocycles. The smallest absolute Gasteiger partial charge is 0.270 e. The Kier molecular flexibility index (Phi) is 3.64. The first kappa shape index (κ1) is 13.1. The molecule has 0 aromatic carbocycles. The van der Waals surface area contributed by atoms with Crippen molar-refractivity contribution in [2.75, 3.05) is 19.7 Å². The van der Waals surface area contributed by atoms with Crippen molar-refractivity contribution >= 4 is 43.4 Å². The summed E-state index contributed by atoms with van der Waals surface area (Å²) < 4.78 is 6.67. The predicted octanol–water partition coefficient (Wildman–Crippen LogP) is 3.24. The van der Waals surface area contributed by atoms with Gasteiger partial charge in [0.2, 0.25) is 0 Å². The molecule has 1 N–H and O–H groups in total. The molecule has 2 aromatic rings. The van der Waals surface area contributed by atoms with Crippen LogP contribution >= 0.6 is 27.3 Å². The number of nitrogens with zero attached hydrogens (tertiary/aromatic N) is 1. The number of H-pyrrole nitrogens is 1. The Morgan fingerprint density at radius 1 is 1.63 bits per heavy atom. The zero-order valence-corrected chi connectivity index (χ0v) is 13.0. The van der Waals surface area contributed by atoms with Crippen LogP contribution in [0.1, 0.15) is 23.8 Å². The zero-order valence-electron chi connectivity index (χ0n) is 10.6. The van der Waals surface area contributed by atoms with Crippen LogP contribution in [0.4, 0.5) is 0 Å². The van der Waals surface area contributed by atoms with Gasteiger partial charge in [-0.05, 0) is 34.5 Å². The molecule has 3 rings (SSSR count). The fraction of sp³-hybridized carbons (Fsp3) is 0.462. The fourth-order valence-corrected chi connectivity index (χ4v) is 3.84. The molecule has 19 heavy (non-hydrogen) atoms. The summed E-state index contributed by atoms with van der Waals surface area (Å²) in [5, 5.41) is 1.08. The first-order chi connectivity index (χ1) is 9.17. The lowest BCUT2D eigenvalue weighted by molar-refractivity contribution is -0.0227. The highest BCUT2D eigenvalue weighted by molar-refractivity contribution is 9.11. The van der Waals surface area contributed by atoms with Gasteiger partial charge in [-0.3, -0.25) is 4.79 Å². The van der Waals surface area contributed by atoms with E-state index < -0.39 is 0 Å². The van der Waals surface area contributed by atoms with Crippen LogP contribution in [0.5, 0.6) is 0 Å². The molecule has 0 bridgehead atoms. The van der Waals surface area contributed by atoms with E-state index in [0.29, 0.717) is 25.4 Å². The van der Waals surface area contributed by atoms with Crippen molar-refractivity contribution in [1.29, 1.82) is 0 Å². The van der Waals surface area contributed by atoms with Crippen molar-refractivity contribution < 1.29 is 9.53 Å². The summed E-state index contributed by atoms with van der Waals surface area (Å²) in [5.74, 6) is 0.0706. The molecule has 0 saturated carbocycles. The molecule has 1 atom stereocenters. The number of fused-ring (bicyclic) bond motifs is 1. The highest BCUT2D eigenvalue weighted by Gasteiger charge is 2.25. The lowest BCUT2D eigenvalue weighted by atomic mass is 10.2. The van der Waals surface area contributed by atoms with Gasteiger partial charge in [0.05, 0.1) is 16.5 Å². The second kappa shape index (κ2) is 5.26. The molecule has 102 valence electrons. The molecular formula is C13H15BrN2O2S. The van der Waals surface area contributed by atoms with Gasteiger partial charge in [0.15, 0.2) is 0 Å². The summed E-state index contributed by atoms with van der Waals surface area (Å²) in [6.07, 6.45) is 1.11. The Morgan fingerprint density at radius 3 is 3.21 bits per heavy atom. The van der Waals surface area contributed by atoms with E-state index in [1.807, 2.05) is 17.0 Å². The number of nitrogens with one attached hydrogen (secondary N) is 1. The number of thiophene rings is 1. The minimum Gasteiger partial charge on any atom is -0.375 e. The Balaban J connectivity index is 1.80. The molecule has 6 heteroatoms. The van der Waals surface area contributed by atoms with E-state index in [4.69, 9.17) is 4.74 Å². The monoisotopic (exact) mass is 342 g/mol. The average molecular weight is 343 g/mol. The maximum absolute atomic E-state index is 12.4. The second-order valence-corrected chi connectivity index (χ2v) is 7.10.